The number of nitrogens with zero attached hydrogens (tertiary/aromatic N) is 1. The zero-order chi connectivity index (χ0) is 19.4. The van der Waals surface area contributed by atoms with Crippen LogP contribution in [0.5, 0.6) is 0 Å². The van der Waals surface area contributed by atoms with Gasteiger partial charge in [-0.3, -0.25) is 9.79 Å². The third-order valence-corrected chi connectivity index (χ3v) is 2.99. The van der Waals surface area contributed by atoms with Crippen molar-refractivity contribution >= 4 is 41.9 Å². The van der Waals surface area contributed by atoms with Gasteiger partial charge in [0.1, 0.15) is 11.4 Å². The minimum Gasteiger partial charge on any atom is -0.467 e. The Bertz CT molecular complexity index is 585. The zero-order valence-electron chi connectivity index (χ0n) is 16.3. The number of hydrogen-bond acceptors (Lipinski definition) is 5. The number of guanidine groups is 1. The number of nitrogens with one attached hydrogen (secondary N) is 4. The number of ether oxygens (including phenoxy) is 1. The van der Waals surface area contributed by atoms with Crippen molar-refractivity contribution in [1.29, 1.82) is 0 Å². The fourth-order valence-electron chi connectivity index (χ4n) is 1.85. The molecule has 0 saturated heterocycles. The summed E-state index contributed by atoms with van der Waals surface area (Å²) in [5.41, 5.74) is -0.508. The van der Waals surface area contributed by atoms with Crippen molar-refractivity contribution < 1.29 is 18.7 Å². The standard InChI is InChI=1S/C17H29N5O4.HI/c1-17(2,3)26-16(24)20-9-6-8-19-15(18-4)22-12-14(23)21-11-13-7-5-10-25-13;/h5,7,10H,6,8-9,11-12H2,1-4H3,(H,20,24)(H,21,23)(H2,18,19,22);1H. The van der Waals surface area contributed by atoms with Crippen LogP contribution in [0.3, 0.4) is 0 Å². The first kappa shape index (κ1) is 25.0. The molecule has 2 amide bonds. The summed E-state index contributed by atoms with van der Waals surface area (Å²) < 4.78 is 10.3. The van der Waals surface area contributed by atoms with E-state index < -0.39 is 11.7 Å². The Balaban J connectivity index is 0.00000676. The summed E-state index contributed by atoms with van der Waals surface area (Å²) in [6.07, 6.45) is 1.81. The smallest absolute Gasteiger partial charge is 0.407 e. The van der Waals surface area contributed by atoms with Gasteiger partial charge in [-0.2, -0.15) is 0 Å². The van der Waals surface area contributed by atoms with E-state index in [0.717, 1.165) is 0 Å². The number of aliphatic imine (C=N–C) groups is 1. The average molecular weight is 495 g/mol. The van der Waals surface area contributed by atoms with Crippen LogP contribution in [0.4, 0.5) is 4.79 Å². The number of hydrogen-bond donors (Lipinski definition) is 4. The third kappa shape index (κ3) is 12.9. The second-order valence-electron chi connectivity index (χ2n) is 6.49. The summed E-state index contributed by atoms with van der Waals surface area (Å²) in [6, 6.07) is 3.56. The van der Waals surface area contributed by atoms with Gasteiger partial charge in [0, 0.05) is 20.1 Å². The summed E-state index contributed by atoms with van der Waals surface area (Å²) in [4.78, 5) is 27.3. The number of furan rings is 1. The largest absolute Gasteiger partial charge is 0.467 e. The lowest BCUT2D eigenvalue weighted by molar-refractivity contribution is -0.120. The topological polar surface area (TPSA) is 117 Å². The summed E-state index contributed by atoms with van der Waals surface area (Å²) in [6.45, 7) is 6.94. The van der Waals surface area contributed by atoms with Crippen LogP contribution < -0.4 is 21.3 Å². The van der Waals surface area contributed by atoms with Crippen molar-refractivity contribution in [2.75, 3.05) is 26.7 Å². The molecule has 0 spiro atoms. The zero-order valence-corrected chi connectivity index (χ0v) is 18.6. The molecule has 1 heterocycles. The average Bonchev–Trinajstić information content (AvgIpc) is 3.07. The minimum atomic E-state index is -0.508. The van der Waals surface area contributed by atoms with Crippen LogP contribution >= 0.6 is 24.0 Å². The van der Waals surface area contributed by atoms with Gasteiger partial charge >= 0.3 is 6.09 Å². The number of halogens is 1. The molecule has 27 heavy (non-hydrogen) atoms. The van der Waals surface area contributed by atoms with Gasteiger partial charge in [-0.05, 0) is 39.3 Å². The van der Waals surface area contributed by atoms with E-state index in [2.05, 4.69) is 26.3 Å². The molecule has 0 aliphatic carbocycles. The first-order valence-corrected chi connectivity index (χ1v) is 8.50. The summed E-state index contributed by atoms with van der Waals surface area (Å²) in [5, 5.41) is 11.4. The van der Waals surface area contributed by atoms with E-state index >= 15 is 0 Å². The molecule has 0 aliphatic heterocycles. The van der Waals surface area contributed by atoms with Gasteiger partial charge in [0.2, 0.25) is 5.91 Å². The van der Waals surface area contributed by atoms with Crippen molar-refractivity contribution in [3.05, 3.63) is 24.2 Å². The molecule has 10 heteroatoms. The van der Waals surface area contributed by atoms with E-state index in [1.54, 1.807) is 25.4 Å². The lowest BCUT2D eigenvalue weighted by Crippen LogP contribution is -2.43. The van der Waals surface area contributed by atoms with E-state index in [4.69, 9.17) is 9.15 Å². The molecule has 154 valence electrons. The highest BCUT2D eigenvalue weighted by atomic mass is 127. The van der Waals surface area contributed by atoms with Crippen LogP contribution in [0.2, 0.25) is 0 Å². The van der Waals surface area contributed by atoms with E-state index in [-0.39, 0.29) is 36.4 Å². The number of rotatable bonds is 8. The first-order valence-electron chi connectivity index (χ1n) is 8.50. The van der Waals surface area contributed by atoms with Gasteiger partial charge in [0.15, 0.2) is 5.96 Å². The SMILES string of the molecule is CN=C(NCCCNC(=O)OC(C)(C)C)NCC(=O)NCc1ccco1.I. The third-order valence-electron chi connectivity index (χ3n) is 2.99. The number of amides is 2. The van der Waals surface area contributed by atoms with Crippen LogP contribution in [-0.4, -0.2) is 50.2 Å². The number of alkyl carbamates (subject to hydrolysis) is 1. The second kappa shape index (κ2) is 13.2. The molecule has 9 nitrogen and oxygen atoms in total. The molecular formula is C17H30IN5O4. The molecule has 1 aromatic rings. The molecular weight excluding hydrogens is 465 g/mol. The summed E-state index contributed by atoms with van der Waals surface area (Å²) in [5.74, 6) is 1.03. The van der Waals surface area contributed by atoms with Gasteiger partial charge in [0.05, 0.1) is 19.4 Å². The predicted octanol–water partition coefficient (Wildman–Crippen LogP) is 1.59. The van der Waals surface area contributed by atoms with Crippen molar-refractivity contribution in [1.82, 2.24) is 21.3 Å². The van der Waals surface area contributed by atoms with E-state index in [1.165, 1.54) is 0 Å². The van der Waals surface area contributed by atoms with Crippen molar-refractivity contribution in [2.45, 2.75) is 39.3 Å². The first-order chi connectivity index (χ1) is 12.3. The molecule has 1 rings (SSSR count). The molecule has 0 fully saturated rings. The van der Waals surface area contributed by atoms with Gasteiger partial charge in [-0.1, -0.05) is 0 Å². The molecule has 0 saturated carbocycles. The van der Waals surface area contributed by atoms with Gasteiger partial charge < -0.3 is 30.4 Å². The highest BCUT2D eigenvalue weighted by Crippen LogP contribution is 2.06. The van der Waals surface area contributed by atoms with E-state index in [9.17, 15) is 9.59 Å². The van der Waals surface area contributed by atoms with Gasteiger partial charge in [0.25, 0.3) is 0 Å². The highest BCUT2D eigenvalue weighted by molar-refractivity contribution is 14.0. The molecule has 0 aromatic carbocycles. The maximum absolute atomic E-state index is 11.8. The maximum atomic E-state index is 11.8. The normalized spacial score (nSPS) is 11.2. The van der Waals surface area contributed by atoms with Gasteiger partial charge in [-0.15, -0.1) is 24.0 Å². The lowest BCUT2D eigenvalue weighted by Gasteiger charge is -2.19. The van der Waals surface area contributed by atoms with E-state index in [1.807, 2.05) is 20.8 Å². The minimum absolute atomic E-state index is 0. The molecule has 1 aromatic heterocycles. The van der Waals surface area contributed by atoms with Gasteiger partial charge in [-0.25, -0.2) is 4.79 Å². The predicted molar refractivity (Wildman–Crippen MR) is 114 cm³/mol. The van der Waals surface area contributed by atoms with Crippen molar-refractivity contribution in [3.8, 4) is 0 Å². The fourth-order valence-corrected chi connectivity index (χ4v) is 1.85. The maximum Gasteiger partial charge on any atom is 0.407 e. The molecule has 4 N–H and O–H groups in total. The Kier molecular flexibility index (Phi) is 12.3. The quantitative estimate of drug-likeness (QED) is 0.189. The van der Waals surface area contributed by atoms with Crippen LogP contribution in [0, 0.1) is 0 Å². The highest BCUT2D eigenvalue weighted by Gasteiger charge is 2.15. The summed E-state index contributed by atoms with van der Waals surface area (Å²) in [7, 11) is 1.62. The lowest BCUT2D eigenvalue weighted by atomic mass is 10.2. The molecule has 0 unspecified atom stereocenters. The monoisotopic (exact) mass is 495 g/mol. The Morgan fingerprint density at radius 1 is 1.15 bits per heavy atom. The van der Waals surface area contributed by atoms with Crippen LogP contribution in [0.15, 0.2) is 27.8 Å². The fraction of sp³-hybridized carbons (Fsp3) is 0.588. The number of carbonyl (C=O) groups excluding carboxylic acids is 2. The molecule has 0 aliphatic rings. The van der Waals surface area contributed by atoms with Crippen molar-refractivity contribution in [3.63, 3.8) is 0 Å². The molecule has 0 radical (unpaired) electrons. The van der Waals surface area contributed by atoms with Crippen LogP contribution in [-0.2, 0) is 16.1 Å². The Morgan fingerprint density at radius 2 is 1.85 bits per heavy atom. The van der Waals surface area contributed by atoms with Crippen LogP contribution in [0.1, 0.15) is 33.0 Å². The molecule has 0 atom stereocenters. The van der Waals surface area contributed by atoms with E-state index in [0.29, 0.717) is 37.8 Å². The summed E-state index contributed by atoms with van der Waals surface area (Å²) >= 11 is 0. The number of carbonyl (C=O) groups is 2. The van der Waals surface area contributed by atoms with Crippen LogP contribution in [0.25, 0.3) is 0 Å². The Labute approximate surface area is 177 Å². The van der Waals surface area contributed by atoms with Crippen molar-refractivity contribution in [2.24, 2.45) is 4.99 Å². The molecule has 0 bridgehead atoms. The second-order valence-corrected chi connectivity index (χ2v) is 6.49. The Morgan fingerprint density at radius 3 is 2.44 bits per heavy atom. The Hall–Kier alpha value is -1.98.